The fourth-order valence-electron chi connectivity index (χ4n) is 0.820. The number of aliphatic hydroxyl groups is 1. The molecular formula is C8H10OS2. The van der Waals surface area contributed by atoms with Crippen LogP contribution in [0.25, 0.3) is 0 Å². The molecule has 0 spiro atoms. The van der Waals surface area contributed by atoms with Gasteiger partial charge in [-0.05, 0) is 24.0 Å². The van der Waals surface area contributed by atoms with Crippen LogP contribution >= 0.6 is 24.4 Å². The molecule has 1 N–H and O–H groups in total. The van der Waals surface area contributed by atoms with E-state index in [0.717, 1.165) is 15.4 Å². The Hall–Kier alpha value is -0.120. The highest BCUT2D eigenvalue weighted by molar-refractivity contribution is 7.99. The van der Waals surface area contributed by atoms with Gasteiger partial charge in [0.15, 0.2) is 0 Å². The molecule has 60 valence electrons. The van der Waals surface area contributed by atoms with Crippen molar-refractivity contribution in [2.75, 3.05) is 6.26 Å². The Morgan fingerprint density at radius 1 is 1.55 bits per heavy atom. The number of benzene rings is 1. The Labute approximate surface area is 76.2 Å². The Balaban J connectivity index is 3.02. The van der Waals surface area contributed by atoms with Crippen LogP contribution in [0.5, 0.6) is 0 Å². The van der Waals surface area contributed by atoms with Crippen LogP contribution < -0.4 is 0 Å². The summed E-state index contributed by atoms with van der Waals surface area (Å²) in [6.45, 7) is 0.0988. The van der Waals surface area contributed by atoms with E-state index in [4.69, 9.17) is 5.11 Å². The minimum Gasteiger partial charge on any atom is -0.392 e. The highest BCUT2D eigenvalue weighted by Crippen LogP contribution is 2.24. The molecule has 0 saturated heterocycles. The first-order chi connectivity index (χ1) is 5.27. The Kier molecular flexibility index (Phi) is 3.30. The lowest BCUT2D eigenvalue weighted by atomic mass is 10.2. The van der Waals surface area contributed by atoms with Crippen LogP contribution in [0.4, 0.5) is 0 Å². The summed E-state index contributed by atoms with van der Waals surface area (Å²) in [4.78, 5) is 2.08. The van der Waals surface area contributed by atoms with Gasteiger partial charge in [-0.3, -0.25) is 0 Å². The van der Waals surface area contributed by atoms with E-state index in [0.29, 0.717) is 0 Å². The van der Waals surface area contributed by atoms with E-state index < -0.39 is 0 Å². The second kappa shape index (κ2) is 4.04. The van der Waals surface area contributed by atoms with Crippen LogP contribution in [0, 0.1) is 0 Å². The summed E-state index contributed by atoms with van der Waals surface area (Å²) >= 11 is 5.90. The number of hydrogen-bond donors (Lipinski definition) is 2. The van der Waals surface area contributed by atoms with Crippen LogP contribution in [0.15, 0.2) is 28.0 Å². The van der Waals surface area contributed by atoms with E-state index >= 15 is 0 Å². The highest BCUT2D eigenvalue weighted by atomic mass is 32.2. The Morgan fingerprint density at radius 2 is 2.27 bits per heavy atom. The molecule has 1 aromatic carbocycles. The molecule has 11 heavy (non-hydrogen) atoms. The predicted octanol–water partition coefficient (Wildman–Crippen LogP) is 2.19. The van der Waals surface area contributed by atoms with Gasteiger partial charge < -0.3 is 5.11 Å². The molecule has 0 saturated carbocycles. The number of hydrogen-bond acceptors (Lipinski definition) is 3. The second-order valence-electron chi connectivity index (χ2n) is 2.16. The molecule has 0 aliphatic heterocycles. The first-order valence-corrected chi connectivity index (χ1v) is 4.92. The van der Waals surface area contributed by atoms with Gasteiger partial charge in [0.2, 0.25) is 0 Å². The van der Waals surface area contributed by atoms with Crippen molar-refractivity contribution in [1.82, 2.24) is 0 Å². The van der Waals surface area contributed by atoms with Gasteiger partial charge in [0.05, 0.1) is 6.61 Å². The molecule has 0 bridgehead atoms. The third-order valence-corrected chi connectivity index (χ3v) is 2.75. The SMILES string of the molecule is CSc1cc(CO)ccc1S. The van der Waals surface area contributed by atoms with E-state index in [-0.39, 0.29) is 6.61 Å². The second-order valence-corrected chi connectivity index (χ2v) is 3.49. The van der Waals surface area contributed by atoms with Crippen molar-refractivity contribution in [3.8, 4) is 0 Å². The van der Waals surface area contributed by atoms with Gasteiger partial charge in [-0.15, -0.1) is 24.4 Å². The fraction of sp³-hybridized carbons (Fsp3) is 0.250. The summed E-state index contributed by atoms with van der Waals surface area (Å²) in [5, 5.41) is 8.81. The first kappa shape index (κ1) is 8.97. The van der Waals surface area contributed by atoms with Crippen molar-refractivity contribution in [1.29, 1.82) is 0 Å². The van der Waals surface area contributed by atoms with Crippen LogP contribution in [0.1, 0.15) is 5.56 Å². The topological polar surface area (TPSA) is 20.2 Å². The first-order valence-electron chi connectivity index (χ1n) is 3.24. The smallest absolute Gasteiger partial charge is 0.0682 e. The van der Waals surface area contributed by atoms with Crippen LogP contribution in [-0.2, 0) is 6.61 Å². The molecule has 1 nitrogen and oxygen atoms in total. The standard InChI is InChI=1S/C8H10OS2/c1-11-8-4-6(5-9)2-3-7(8)10/h2-4,9-10H,5H2,1H3. The van der Waals surface area contributed by atoms with E-state index in [1.807, 2.05) is 24.5 Å². The average Bonchev–Trinajstić information content (AvgIpc) is 2.05. The molecule has 0 heterocycles. The number of thioether (sulfide) groups is 1. The largest absolute Gasteiger partial charge is 0.392 e. The molecule has 0 aliphatic rings. The lowest BCUT2D eigenvalue weighted by Crippen LogP contribution is -1.83. The normalized spacial score (nSPS) is 10.1. The highest BCUT2D eigenvalue weighted by Gasteiger charge is 1.97. The van der Waals surface area contributed by atoms with Crippen molar-refractivity contribution in [2.24, 2.45) is 0 Å². The molecule has 1 aromatic rings. The predicted molar refractivity (Wildman–Crippen MR) is 51.4 cm³/mol. The van der Waals surface area contributed by atoms with Crippen molar-refractivity contribution >= 4 is 24.4 Å². The molecular weight excluding hydrogens is 176 g/mol. The summed E-state index contributed by atoms with van der Waals surface area (Å²) in [7, 11) is 0. The van der Waals surface area contributed by atoms with Crippen molar-refractivity contribution in [3.05, 3.63) is 23.8 Å². The number of thiol groups is 1. The van der Waals surface area contributed by atoms with Crippen molar-refractivity contribution < 1.29 is 5.11 Å². The van der Waals surface area contributed by atoms with Gasteiger partial charge in [0, 0.05) is 9.79 Å². The molecule has 0 unspecified atom stereocenters. The maximum absolute atomic E-state index is 8.81. The van der Waals surface area contributed by atoms with E-state index in [2.05, 4.69) is 12.6 Å². The summed E-state index contributed by atoms with van der Waals surface area (Å²) < 4.78 is 0. The summed E-state index contributed by atoms with van der Waals surface area (Å²) in [6, 6.07) is 5.73. The summed E-state index contributed by atoms with van der Waals surface area (Å²) in [5.74, 6) is 0. The summed E-state index contributed by atoms with van der Waals surface area (Å²) in [5.41, 5.74) is 0.937. The fourth-order valence-corrected chi connectivity index (χ4v) is 1.78. The molecule has 1 rings (SSSR count). The minimum atomic E-state index is 0.0988. The molecule has 0 atom stereocenters. The zero-order valence-electron chi connectivity index (χ0n) is 6.24. The van der Waals surface area contributed by atoms with Crippen LogP contribution in [-0.4, -0.2) is 11.4 Å². The average molecular weight is 186 g/mol. The zero-order valence-corrected chi connectivity index (χ0v) is 7.95. The lowest BCUT2D eigenvalue weighted by Gasteiger charge is -2.02. The molecule has 0 amide bonds. The molecule has 0 radical (unpaired) electrons. The quantitative estimate of drug-likeness (QED) is 0.545. The maximum atomic E-state index is 8.81. The van der Waals surface area contributed by atoms with E-state index in [1.165, 1.54) is 0 Å². The molecule has 3 heteroatoms. The van der Waals surface area contributed by atoms with Gasteiger partial charge >= 0.3 is 0 Å². The molecule has 0 aliphatic carbocycles. The van der Waals surface area contributed by atoms with E-state index in [1.54, 1.807) is 11.8 Å². The Morgan fingerprint density at radius 3 is 2.82 bits per heavy atom. The summed E-state index contributed by atoms with van der Waals surface area (Å²) in [6.07, 6.45) is 2.00. The van der Waals surface area contributed by atoms with Gasteiger partial charge in [-0.1, -0.05) is 6.07 Å². The van der Waals surface area contributed by atoms with Crippen LogP contribution in [0.2, 0.25) is 0 Å². The van der Waals surface area contributed by atoms with Gasteiger partial charge in [-0.25, -0.2) is 0 Å². The zero-order chi connectivity index (χ0) is 8.27. The monoisotopic (exact) mass is 186 g/mol. The maximum Gasteiger partial charge on any atom is 0.0682 e. The Bertz CT molecular complexity index is 248. The van der Waals surface area contributed by atoms with Crippen LogP contribution in [0.3, 0.4) is 0 Å². The molecule has 0 fully saturated rings. The minimum absolute atomic E-state index is 0.0988. The number of aliphatic hydroxyl groups excluding tert-OH is 1. The van der Waals surface area contributed by atoms with Gasteiger partial charge in [-0.2, -0.15) is 0 Å². The third kappa shape index (κ3) is 2.15. The third-order valence-electron chi connectivity index (χ3n) is 1.43. The van der Waals surface area contributed by atoms with Gasteiger partial charge in [0.25, 0.3) is 0 Å². The number of rotatable bonds is 2. The lowest BCUT2D eigenvalue weighted by molar-refractivity contribution is 0.281. The molecule has 0 aromatic heterocycles. The van der Waals surface area contributed by atoms with Gasteiger partial charge in [0.1, 0.15) is 0 Å². The van der Waals surface area contributed by atoms with E-state index in [9.17, 15) is 0 Å². The van der Waals surface area contributed by atoms with Crippen molar-refractivity contribution in [3.63, 3.8) is 0 Å². The van der Waals surface area contributed by atoms with Crippen molar-refractivity contribution in [2.45, 2.75) is 16.4 Å².